The van der Waals surface area contributed by atoms with Crippen molar-refractivity contribution in [2.24, 2.45) is 0 Å². The monoisotopic (exact) mass is 451 g/mol. The molecule has 1 rings (SSSR count). The molecule has 1 aliphatic carbocycles. The molecular weight excluding hydrogens is 423 g/mol. The molecule has 0 aliphatic heterocycles. The molecule has 0 heterocycles. The first kappa shape index (κ1) is 16.4. The van der Waals surface area contributed by atoms with Crippen LogP contribution in [0.2, 0.25) is 22.0 Å². The summed E-state index contributed by atoms with van der Waals surface area (Å²) < 4.78 is 12.3. The first-order chi connectivity index (χ1) is 8.49. The normalized spacial score (nSPS) is 17.7. The fourth-order valence-electron chi connectivity index (χ4n) is 2.18. The molecule has 4 heteroatoms. The zero-order valence-electron chi connectivity index (χ0n) is 12.4. The van der Waals surface area contributed by atoms with Crippen LogP contribution in [0.1, 0.15) is 19.3 Å². The second-order valence-electron chi connectivity index (χ2n) is 5.07. The zero-order chi connectivity index (χ0) is 13.6. The topological polar surface area (TPSA) is 18.5 Å². The van der Waals surface area contributed by atoms with Gasteiger partial charge in [-0.25, -0.2) is 0 Å². The molecule has 0 aromatic heterocycles. The molecule has 0 aromatic carbocycles. The van der Waals surface area contributed by atoms with Gasteiger partial charge in [0.1, 0.15) is 0 Å². The van der Waals surface area contributed by atoms with Crippen molar-refractivity contribution in [2.75, 3.05) is 14.2 Å². The molecule has 18 heavy (non-hydrogen) atoms. The second-order valence-corrected chi connectivity index (χ2v) is 18.6. The Kier molecular flexibility index (Phi) is 7.08. The van der Waals surface area contributed by atoms with Crippen LogP contribution in [0.5, 0.6) is 0 Å². The van der Waals surface area contributed by atoms with Crippen LogP contribution in [-0.4, -0.2) is 29.7 Å². The Morgan fingerprint density at radius 1 is 1.28 bits per heavy atom. The minimum absolute atomic E-state index is 0.109. The van der Waals surface area contributed by atoms with Gasteiger partial charge in [0.25, 0.3) is 0 Å². The van der Waals surface area contributed by atoms with Gasteiger partial charge in [0.15, 0.2) is 0 Å². The van der Waals surface area contributed by atoms with E-state index in [1.807, 2.05) is 0 Å². The van der Waals surface area contributed by atoms with Crippen LogP contribution < -0.4 is 0 Å². The summed E-state index contributed by atoms with van der Waals surface area (Å²) in [7, 11) is 3.25. The number of ether oxygens (including phenoxy) is 2. The minimum atomic E-state index is -1.53. The second kappa shape index (κ2) is 7.79. The van der Waals surface area contributed by atoms with Crippen molar-refractivity contribution in [3.05, 3.63) is 21.7 Å². The molecule has 0 spiro atoms. The molecule has 0 fully saturated rings. The van der Waals surface area contributed by atoms with E-state index in [0.717, 1.165) is 0 Å². The van der Waals surface area contributed by atoms with Crippen molar-refractivity contribution in [1.29, 1.82) is 0 Å². The van der Waals surface area contributed by atoms with Crippen LogP contribution in [0.25, 0.3) is 0 Å². The molecule has 0 atom stereocenters. The van der Waals surface area contributed by atoms with Crippen molar-refractivity contribution in [3.8, 4) is 0 Å². The average Bonchev–Trinajstić information content (AvgIpc) is 2.77. The van der Waals surface area contributed by atoms with Crippen molar-refractivity contribution < 1.29 is 25.5 Å². The molecule has 0 amide bonds. The van der Waals surface area contributed by atoms with Crippen molar-refractivity contribution in [1.82, 2.24) is 0 Å². The van der Waals surface area contributed by atoms with E-state index in [0.29, 0.717) is 0 Å². The van der Waals surface area contributed by atoms with Gasteiger partial charge < -0.3 is 0 Å². The molecule has 0 saturated heterocycles. The molecule has 0 N–H and O–H groups in total. The van der Waals surface area contributed by atoms with Gasteiger partial charge in [-0.1, -0.05) is 0 Å². The van der Waals surface area contributed by atoms with Crippen molar-refractivity contribution in [2.45, 2.75) is 47.2 Å². The van der Waals surface area contributed by atoms with Crippen LogP contribution in [0.15, 0.2) is 21.7 Å². The van der Waals surface area contributed by atoms with E-state index in [4.69, 9.17) is 9.47 Å². The van der Waals surface area contributed by atoms with Crippen molar-refractivity contribution in [3.63, 3.8) is 0 Å². The van der Waals surface area contributed by atoms with Crippen LogP contribution in [0.4, 0.5) is 0 Å². The summed E-state index contributed by atoms with van der Waals surface area (Å²) in [6.07, 6.45) is 8.52. The predicted octanol–water partition coefficient (Wildman–Crippen LogP) is 3.44. The fourth-order valence-corrected chi connectivity index (χ4v) is 7.85. The Balaban J connectivity index is 2.37. The summed E-state index contributed by atoms with van der Waals surface area (Å²) in [6, 6.07) is 1.31. The van der Waals surface area contributed by atoms with E-state index < -0.39 is 16.1 Å². The summed E-state index contributed by atoms with van der Waals surface area (Å²) in [5, 5.41) is 7.49. The fraction of sp³-hybridized carbons (Fsp3) is 0.714. The van der Waals surface area contributed by atoms with Gasteiger partial charge in [0.2, 0.25) is 0 Å². The molecule has 0 radical (unpaired) electrons. The van der Waals surface area contributed by atoms with Gasteiger partial charge in [-0.15, -0.1) is 0 Å². The van der Waals surface area contributed by atoms with Crippen LogP contribution in [0, 0.1) is 0 Å². The number of methoxy groups -OCH3 is 2. The molecule has 0 aromatic rings. The van der Waals surface area contributed by atoms with Crippen LogP contribution >= 0.6 is 0 Å². The third-order valence-electron chi connectivity index (χ3n) is 3.17. The van der Waals surface area contributed by atoms with Gasteiger partial charge in [-0.2, -0.15) is 0 Å². The van der Waals surface area contributed by atoms with Crippen LogP contribution in [-0.2, 0) is 25.5 Å². The Morgan fingerprint density at radius 3 is 2.50 bits per heavy atom. The third kappa shape index (κ3) is 5.12. The Bertz CT molecular complexity index is 314. The van der Waals surface area contributed by atoms with Gasteiger partial charge in [-0.3, -0.25) is 0 Å². The predicted molar refractivity (Wildman–Crippen MR) is 78.8 cm³/mol. The summed E-state index contributed by atoms with van der Waals surface area (Å²) in [5.41, 5.74) is 1.65. The molecule has 110 valence electrons. The Morgan fingerprint density at radius 2 is 1.94 bits per heavy atom. The van der Waals surface area contributed by atoms with E-state index in [9.17, 15) is 0 Å². The zero-order valence-corrected chi connectivity index (χ0v) is 16.1. The Hall–Kier alpha value is 0.305. The van der Waals surface area contributed by atoms with Gasteiger partial charge in [-0.05, 0) is 0 Å². The van der Waals surface area contributed by atoms with E-state index >= 15 is 0 Å². The Labute approximate surface area is 118 Å². The number of rotatable bonds is 8. The average molecular weight is 452 g/mol. The number of hydrogen-bond acceptors (Lipinski definition) is 2. The molecule has 0 bridgehead atoms. The third-order valence-corrected chi connectivity index (χ3v) is 10.5. The molecule has 2 nitrogen and oxygen atoms in total. The number of allylic oxidation sites excluding steroid dienone is 4. The van der Waals surface area contributed by atoms with Crippen molar-refractivity contribution >= 4 is 9.52 Å². The van der Waals surface area contributed by atoms with E-state index in [1.54, 1.807) is 23.8 Å². The summed E-state index contributed by atoms with van der Waals surface area (Å²) >= 11 is -1.53. The standard InChI is InChI=1S/C11H19O2Si.3CH3.Pt/c1-12-11(13-2)14-9-5-8-10-6-3-4-7-10;;;;/h3,6,11H,4-5,8-9,14H2,1-2H3;3*1H3;. The first-order valence-electron chi connectivity index (χ1n) is 6.29. The SMILES string of the molecule is COC(OC)[SiH2]CCCC1=[C]([Pt]([CH3])([CH3])[CH3])CC=C1. The summed E-state index contributed by atoms with van der Waals surface area (Å²) in [4.78, 5) is 0. The maximum absolute atomic E-state index is 5.27. The van der Waals surface area contributed by atoms with Gasteiger partial charge in [0.05, 0.1) is 0 Å². The molecule has 0 saturated carbocycles. The van der Waals surface area contributed by atoms with E-state index in [-0.39, 0.29) is 15.4 Å². The maximum atomic E-state index is 5.27. The first-order valence-corrected chi connectivity index (χ1v) is 16.1. The summed E-state index contributed by atoms with van der Waals surface area (Å²) in [6.45, 7) is 0. The number of hydrogen-bond donors (Lipinski definition) is 0. The van der Waals surface area contributed by atoms with Gasteiger partial charge in [0, 0.05) is 0 Å². The van der Waals surface area contributed by atoms with E-state index in [2.05, 4.69) is 28.1 Å². The van der Waals surface area contributed by atoms with Crippen LogP contribution in [0.3, 0.4) is 0 Å². The van der Waals surface area contributed by atoms with Gasteiger partial charge >= 0.3 is 118 Å². The molecule has 1 aliphatic rings. The quantitative estimate of drug-likeness (QED) is 0.320. The summed E-state index contributed by atoms with van der Waals surface area (Å²) in [5.74, 6) is 0.109. The molecular formula is C14H28O2PtSi. The van der Waals surface area contributed by atoms with E-state index in [1.165, 1.54) is 25.3 Å². The molecule has 0 unspecified atom stereocenters.